The van der Waals surface area contributed by atoms with Crippen molar-refractivity contribution in [1.29, 1.82) is 0 Å². The van der Waals surface area contributed by atoms with Gasteiger partial charge < -0.3 is 25.0 Å². The topological polar surface area (TPSA) is 93.8 Å². The van der Waals surface area contributed by atoms with Gasteiger partial charge in [-0.05, 0) is 30.0 Å². The lowest BCUT2D eigenvalue weighted by Crippen LogP contribution is -2.34. The summed E-state index contributed by atoms with van der Waals surface area (Å²) in [6, 6.07) is 7.55. The molecule has 9 heteroatoms. The van der Waals surface area contributed by atoms with Crippen LogP contribution in [0.2, 0.25) is 0 Å². The maximum absolute atomic E-state index is 12.6. The van der Waals surface area contributed by atoms with Crippen LogP contribution in [0.25, 0.3) is 17.0 Å². The fourth-order valence-electron chi connectivity index (χ4n) is 3.59. The fourth-order valence-corrected chi connectivity index (χ4v) is 4.21. The van der Waals surface area contributed by atoms with Gasteiger partial charge in [-0.3, -0.25) is 4.79 Å². The van der Waals surface area contributed by atoms with E-state index in [2.05, 4.69) is 9.88 Å². The molecule has 1 aliphatic rings. The van der Waals surface area contributed by atoms with Crippen molar-refractivity contribution in [3.8, 4) is 11.5 Å². The predicted octanol–water partition coefficient (Wildman–Crippen LogP) is 3.04. The number of rotatable bonds is 5. The van der Waals surface area contributed by atoms with E-state index >= 15 is 0 Å². The minimum Gasteiger partial charge on any atom is -0.493 e. The van der Waals surface area contributed by atoms with Crippen LogP contribution in [0.1, 0.15) is 11.3 Å². The summed E-state index contributed by atoms with van der Waals surface area (Å²) in [4.78, 5) is 26.8. The fraction of sp³-hybridized carbons (Fsp3) is 0.318. The summed E-state index contributed by atoms with van der Waals surface area (Å²) in [5.41, 5.74) is 6.92. The Morgan fingerprint density at radius 1 is 1.13 bits per heavy atom. The number of methoxy groups -OCH3 is 2. The van der Waals surface area contributed by atoms with Crippen LogP contribution in [-0.4, -0.2) is 61.2 Å². The molecule has 0 aliphatic carbocycles. The molecule has 1 amide bonds. The molecule has 1 fully saturated rings. The van der Waals surface area contributed by atoms with Crippen LogP contribution in [0.3, 0.4) is 0 Å². The van der Waals surface area contributed by atoms with E-state index in [0.29, 0.717) is 53.8 Å². The number of thiophene rings is 1. The van der Waals surface area contributed by atoms with Gasteiger partial charge in [-0.15, -0.1) is 11.3 Å². The molecule has 1 aliphatic heterocycles. The standard InChI is InChI=1S/C22H25N5O3S/c1-29-18-13-16-17(14-19(18)30-2)24-22(25-21(16)23)27-9-4-8-26(10-11-27)20(28)7-6-15-5-3-12-31-15/h3,5-7,12-14H,4,8-11H2,1-2H3,(H2,23,24,25)/b7-6+. The van der Waals surface area contributed by atoms with Gasteiger partial charge >= 0.3 is 0 Å². The summed E-state index contributed by atoms with van der Waals surface area (Å²) >= 11 is 1.61. The van der Waals surface area contributed by atoms with Crippen LogP contribution < -0.4 is 20.1 Å². The van der Waals surface area contributed by atoms with E-state index in [1.54, 1.807) is 43.8 Å². The molecule has 3 aromatic rings. The van der Waals surface area contributed by atoms with E-state index in [1.807, 2.05) is 28.5 Å². The van der Waals surface area contributed by atoms with E-state index < -0.39 is 0 Å². The summed E-state index contributed by atoms with van der Waals surface area (Å²) in [5, 5.41) is 2.71. The number of nitrogens with zero attached hydrogens (tertiary/aromatic N) is 4. The number of carbonyl (C=O) groups is 1. The van der Waals surface area contributed by atoms with Crippen molar-refractivity contribution in [3.63, 3.8) is 0 Å². The number of anilines is 2. The second-order valence-corrected chi connectivity index (χ2v) is 8.13. The van der Waals surface area contributed by atoms with Gasteiger partial charge in [-0.1, -0.05) is 6.07 Å². The van der Waals surface area contributed by atoms with Gasteiger partial charge in [0.05, 0.1) is 19.7 Å². The Morgan fingerprint density at radius 3 is 2.68 bits per heavy atom. The van der Waals surface area contributed by atoms with Crippen molar-refractivity contribution in [2.45, 2.75) is 6.42 Å². The zero-order valence-corrected chi connectivity index (χ0v) is 18.4. The van der Waals surface area contributed by atoms with E-state index in [0.717, 1.165) is 17.8 Å². The number of benzene rings is 1. The summed E-state index contributed by atoms with van der Waals surface area (Å²) in [5.74, 6) is 2.13. The molecule has 0 bridgehead atoms. The Bertz CT molecular complexity index is 1100. The summed E-state index contributed by atoms with van der Waals surface area (Å²) in [6.07, 6.45) is 4.34. The van der Waals surface area contributed by atoms with Crippen LogP contribution in [0.5, 0.6) is 11.5 Å². The summed E-state index contributed by atoms with van der Waals surface area (Å²) in [6.45, 7) is 2.67. The maximum Gasteiger partial charge on any atom is 0.246 e. The molecule has 0 spiro atoms. The van der Waals surface area contributed by atoms with Crippen molar-refractivity contribution in [2.24, 2.45) is 0 Å². The molecule has 0 saturated carbocycles. The highest BCUT2D eigenvalue weighted by molar-refractivity contribution is 7.10. The van der Waals surface area contributed by atoms with Crippen LogP contribution in [-0.2, 0) is 4.79 Å². The monoisotopic (exact) mass is 439 g/mol. The Morgan fingerprint density at radius 2 is 1.94 bits per heavy atom. The normalized spacial score (nSPS) is 14.8. The van der Waals surface area contributed by atoms with Crippen molar-refractivity contribution in [3.05, 3.63) is 40.6 Å². The first-order valence-electron chi connectivity index (χ1n) is 10.0. The van der Waals surface area contributed by atoms with E-state index in [-0.39, 0.29) is 5.91 Å². The molecule has 0 unspecified atom stereocenters. The number of nitrogen functional groups attached to an aromatic ring is 1. The number of ether oxygens (including phenoxy) is 2. The van der Waals surface area contributed by atoms with Crippen molar-refractivity contribution in [2.75, 3.05) is 51.0 Å². The molecule has 162 valence electrons. The third-order valence-electron chi connectivity index (χ3n) is 5.24. The molecule has 2 aromatic heterocycles. The number of carbonyl (C=O) groups excluding carboxylic acids is 1. The van der Waals surface area contributed by atoms with Crippen molar-refractivity contribution >= 4 is 46.0 Å². The van der Waals surface area contributed by atoms with E-state index in [4.69, 9.17) is 20.2 Å². The molecule has 31 heavy (non-hydrogen) atoms. The molecule has 0 radical (unpaired) electrons. The van der Waals surface area contributed by atoms with Gasteiger partial charge in [0.15, 0.2) is 11.5 Å². The lowest BCUT2D eigenvalue weighted by atomic mass is 10.2. The second kappa shape index (κ2) is 9.22. The van der Waals surface area contributed by atoms with E-state index in [1.165, 1.54) is 0 Å². The molecule has 2 N–H and O–H groups in total. The van der Waals surface area contributed by atoms with Gasteiger partial charge in [0.2, 0.25) is 11.9 Å². The highest BCUT2D eigenvalue weighted by atomic mass is 32.1. The average molecular weight is 440 g/mol. The van der Waals surface area contributed by atoms with Gasteiger partial charge in [-0.25, -0.2) is 4.98 Å². The summed E-state index contributed by atoms with van der Waals surface area (Å²) in [7, 11) is 3.16. The highest BCUT2D eigenvalue weighted by Gasteiger charge is 2.21. The van der Waals surface area contributed by atoms with Gasteiger partial charge in [0.25, 0.3) is 0 Å². The Labute approximate surface area is 184 Å². The first-order valence-corrected chi connectivity index (χ1v) is 10.9. The smallest absolute Gasteiger partial charge is 0.246 e. The average Bonchev–Trinajstić information content (AvgIpc) is 3.18. The Kier molecular flexibility index (Phi) is 6.22. The molecule has 1 saturated heterocycles. The zero-order chi connectivity index (χ0) is 21.8. The Balaban J connectivity index is 1.51. The van der Waals surface area contributed by atoms with E-state index in [9.17, 15) is 4.79 Å². The minimum absolute atomic E-state index is 0.0195. The Hall–Kier alpha value is -3.33. The number of hydrogen-bond donors (Lipinski definition) is 1. The van der Waals surface area contributed by atoms with Gasteiger partial charge in [-0.2, -0.15) is 4.98 Å². The van der Waals surface area contributed by atoms with Crippen molar-refractivity contribution < 1.29 is 14.3 Å². The first kappa shape index (κ1) is 20.9. The third-order valence-corrected chi connectivity index (χ3v) is 6.08. The molecule has 0 atom stereocenters. The largest absolute Gasteiger partial charge is 0.493 e. The minimum atomic E-state index is 0.0195. The lowest BCUT2D eigenvalue weighted by molar-refractivity contribution is -0.125. The maximum atomic E-state index is 12.6. The van der Waals surface area contributed by atoms with Gasteiger partial charge in [0, 0.05) is 48.6 Å². The van der Waals surface area contributed by atoms with Crippen LogP contribution in [0.15, 0.2) is 35.7 Å². The van der Waals surface area contributed by atoms with Crippen LogP contribution in [0.4, 0.5) is 11.8 Å². The van der Waals surface area contributed by atoms with Gasteiger partial charge in [0.1, 0.15) is 5.82 Å². The third kappa shape index (κ3) is 4.56. The number of hydrogen-bond acceptors (Lipinski definition) is 8. The molecule has 1 aromatic carbocycles. The first-order chi connectivity index (χ1) is 15.1. The quantitative estimate of drug-likeness (QED) is 0.611. The molecule has 8 nitrogen and oxygen atoms in total. The number of nitrogens with two attached hydrogens (primary N) is 1. The highest BCUT2D eigenvalue weighted by Crippen LogP contribution is 2.34. The molecule has 3 heterocycles. The predicted molar refractivity (Wildman–Crippen MR) is 124 cm³/mol. The number of amides is 1. The molecular formula is C22H25N5O3S. The SMILES string of the molecule is COc1cc2nc(N3CCCN(C(=O)/C=C/c4cccs4)CC3)nc(N)c2cc1OC. The summed E-state index contributed by atoms with van der Waals surface area (Å²) < 4.78 is 10.7. The van der Waals surface area contributed by atoms with Crippen molar-refractivity contribution in [1.82, 2.24) is 14.9 Å². The second-order valence-electron chi connectivity index (χ2n) is 7.15. The zero-order valence-electron chi connectivity index (χ0n) is 17.6. The number of aromatic nitrogens is 2. The molecular weight excluding hydrogens is 414 g/mol. The molecule has 4 rings (SSSR count). The van der Waals surface area contributed by atoms with Crippen LogP contribution >= 0.6 is 11.3 Å². The lowest BCUT2D eigenvalue weighted by Gasteiger charge is -2.22. The number of fused-ring (bicyclic) bond motifs is 1. The van der Waals surface area contributed by atoms with Crippen LogP contribution in [0, 0.1) is 0 Å².